The average Bonchev–Trinajstić information content (AvgIpc) is 2.56. The highest BCUT2D eigenvalue weighted by Crippen LogP contribution is 2.49. The van der Waals surface area contributed by atoms with Gasteiger partial charge in [0, 0.05) is 24.0 Å². The Labute approximate surface area is 150 Å². The Balaban J connectivity index is 2.36. The number of nitriles is 1. The largest absolute Gasteiger partial charge is 0.444 e. The van der Waals surface area contributed by atoms with Crippen LogP contribution in [-0.4, -0.2) is 5.78 Å². The first kappa shape index (κ1) is 18.9. The van der Waals surface area contributed by atoms with E-state index in [1.54, 1.807) is 19.9 Å². The summed E-state index contributed by atoms with van der Waals surface area (Å²) in [6.07, 6.45) is 0.0824. The summed E-state index contributed by atoms with van der Waals surface area (Å²) in [5.41, 5.74) is 2.87. The second-order valence-corrected chi connectivity index (χ2v) is 7.19. The van der Waals surface area contributed by atoms with Crippen LogP contribution in [0.25, 0.3) is 0 Å². The third kappa shape index (κ3) is 2.76. The van der Waals surface area contributed by atoms with Gasteiger partial charge in [0.1, 0.15) is 17.4 Å². The summed E-state index contributed by atoms with van der Waals surface area (Å²) in [6.45, 7) is 3.48. The van der Waals surface area contributed by atoms with E-state index in [-0.39, 0.29) is 24.2 Å². The maximum absolute atomic E-state index is 14.4. The monoisotopic (exact) mass is 384 g/mol. The van der Waals surface area contributed by atoms with Gasteiger partial charge in [-0.15, -0.1) is 0 Å². The number of rotatable bonds is 1. The zero-order chi connectivity index (χ0) is 20.3. The fourth-order valence-corrected chi connectivity index (χ4v) is 3.45. The van der Waals surface area contributed by atoms with Crippen LogP contribution in [0.2, 0.25) is 0 Å². The first-order valence-electron chi connectivity index (χ1n) is 7.85. The van der Waals surface area contributed by atoms with Crippen molar-refractivity contribution in [3.8, 4) is 6.07 Å². The Kier molecular flexibility index (Phi) is 4.25. The van der Waals surface area contributed by atoms with Crippen molar-refractivity contribution in [1.82, 2.24) is 0 Å². The summed E-state index contributed by atoms with van der Waals surface area (Å²) < 4.78 is 74.9. The number of Topliss-reactive ketones (excluding diaryl/α,β-unsaturated/α-hetero) is 1. The average molecular weight is 384 g/mol. The lowest BCUT2D eigenvalue weighted by atomic mass is 9.70. The fourth-order valence-electron chi connectivity index (χ4n) is 3.45. The van der Waals surface area contributed by atoms with Gasteiger partial charge in [0.05, 0.1) is 5.92 Å². The molecule has 1 aliphatic heterocycles. The van der Waals surface area contributed by atoms with E-state index in [0.29, 0.717) is 0 Å². The smallest absolute Gasteiger partial charge is 0.205 e. The molecule has 1 heterocycles. The molecule has 1 atom stereocenters. The number of benzene rings is 1. The number of nitrogens with zero attached hydrogens (tertiary/aromatic N) is 1. The molecular formula is C18H13F5N2O2. The van der Waals surface area contributed by atoms with Crippen molar-refractivity contribution in [2.24, 2.45) is 11.1 Å². The number of ether oxygens (including phenoxy) is 1. The van der Waals surface area contributed by atoms with Crippen LogP contribution in [0.1, 0.15) is 38.2 Å². The molecule has 0 bridgehead atoms. The lowest BCUT2D eigenvalue weighted by Gasteiger charge is -2.37. The minimum atomic E-state index is -2.33. The van der Waals surface area contributed by atoms with Gasteiger partial charge in [-0.2, -0.15) is 5.26 Å². The van der Waals surface area contributed by atoms with Crippen LogP contribution in [-0.2, 0) is 9.53 Å². The van der Waals surface area contributed by atoms with Crippen molar-refractivity contribution >= 4 is 5.78 Å². The van der Waals surface area contributed by atoms with E-state index in [2.05, 4.69) is 0 Å². The number of hydrogen-bond acceptors (Lipinski definition) is 4. The topological polar surface area (TPSA) is 76.1 Å². The van der Waals surface area contributed by atoms with Crippen molar-refractivity contribution in [3.05, 3.63) is 57.4 Å². The summed E-state index contributed by atoms with van der Waals surface area (Å²) in [5, 5.41) is 9.34. The van der Waals surface area contributed by atoms with E-state index in [0.717, 1.165) is 0 Å². The van der Waals surface area contributed by atoms with Gasteiger partial charge < -0.3 is 10.5 Å². The third-order valence-corrected chi connectivity index (χ3v) is 4.61. The third-order valence-electron chi connectivity index (χ3n) is 4.61. The molecule has 9 heteroatoms. The standard InChI is InChI=1S/C18H13F5N2O2/c1-18(2)3-7(26)10-8(4-18)27-17(25)6(5-24)9(10)11-12(19)14(21)16(23)15(22)13(11)20/h9H,3-4,25H2,1-2H3/t9-/m0/s1. The van der Waals surface area contributed by atoms with Crippen molar-refractivity contribution in [3.63, 3.8) is 0 Å². The van der Waals surface area contributed by atoms with E-state index < -0.39 is 63.2 Å². The van der Waals surface area contributed by atoms with Gasteiger partial charge in [0.25, 0.3) is 0 Å². The molecule has 0 unspecified atom stereocenters. The number of halogens is 5. The van der Waals surface area contributed by atoms with E-state index in [1.807, 2.05) is 0 Å². The SMILES string of the molecule is CC1(C)CC(=O)C2=C(C1)OC(N)=C(C#N)[C@@H]2c1c(F)c(F)c(F)c(F)c1F. The van der Waals surface area contributed by atoms with E-state index in [9.17, 15) is 32.0 Å². The summed E-state index contributed by atoms with van der Waals surface area (Å²) in [6, 6.07) is 1.56. The molecule has 0 fully saturated rings. The Hall–Kier alpha value is -2.89. The minimum absolute atomic E-state index is 0.0401. The van der Waals surface area contributed by atoms with Crippen LogP contribution in [0.3, 0.4) is 0 Å². The van der Waals surface area contributed by atoms with Gasteiger partial charge >= 0.3 is 0 Å². The molecule has 0 saturated heterocycles. The Morgan fingerprint density at radius 3 is 2.07 bits per heavy atom. The number of allylic oxidation sites excluding steroid dienone is 3. The normalized spacial score (nSPS) is 21.7. The molecule has 27 heavy (non-hydrogen) atoms. The van der Waals surface area contributed by atoms with Crippen LogP contribution in [0.15, 0.2) is 22.8 Å². The van der Waals surface area contributed by atoms with E-state index in [1.165, 1.54) is 0 Å². The molecule has 0 radical (unpaired) electrons. The molecule has 2 aliphatic rings. The highest BCUT2D eigenvalue weighted by Gasteiger charge is 2.46. The summed E-state index contributed by atoms with van der Waals surface area (Å²) >= 11 is 0. The molecule has 1 aromatic carbocycles. The molecule has 3 rings (SSSR count). The van der Waals surface area contributed by atoms with E-state index >= 15 is 0 Å². The number of nitrogens with two attached hydrogens (primary N) is 1. The molecule has 142 valence electrons. The molecule has 1 aromatic rings. The fraction of sp³-hybridized carbons (Fsp3) is 0.333. The Morgan fingerprint density at radius 1 is 1.04 bits per heavy atom. The van der Waals surface area contributed by atoms with Crippen LogP contribution in [0.4, 0.5) is 22.0 Å². The summed E-state index contributed by atoms with van der Waals surface area (Å²) in [5.74, 6) is -14.0. The van der Waals surface area contributed by atoms with Crippen LogP contribution in [0.5, 0.6) is 0 Å². The van der Waals surface area contributed by atoms with Crippen molar-refractivity contribution in [2.45, 2.75) is 32.6 Å². The lowest BCUT2D eigenvalue weighted by molar-refractivity contribution is -0.119. The molecule has 0 amide bonds. The van der Waals surface area contributed by atoms with Gasteiger partial charge in [0.2, 0.25) is 11.7 Å². The summed E-state index contributed by atoms with van der Waals surface area (Å²) in [4.78, 5) is 12.6. The molecule has 1 aliphatic carbocycles. The maximum Gasteiger partial charge on any atom is 0.205 e. The molecular weight excluding hydrogens is 371 g/mol. The highest BCUT2D eigenvalue weighted by molar-refractivity contribution is 6.00. The van der Waals surface area contributed by atoms with Crippen molar-refractivity contribution in [2.75, 3.05) is 0 Å². The van der Waals surface area contributed by atoms with Gasteiger partial charge in [-0.25, -0.2) is 22.0 Å². The highest BCUT2D eigenvalue weighted by atomic mass is 19.2. The van der Waals surface area contributed by atoms with Crippen molar-refractivity contribution < 1.29 is 31.5 Å². The molecule has 0 saturated carbocycles. The predicted molar refractivity (Wildman–Crippen MR) is 81.9 cm³/mol. The Morgan fingerprint density at radius 2 is 1.56 bits per heavy atom. The van der Waals surface area contributed by atoms with Gasteiger partial charge in [-0.1, -0.05) is 13.8 Å². The number of ketones is 1. The van der Waals surface area contributed by atoms with Crippen LogP contribution >= 0.6 is 0 Å². The molecule has 0 aromatic heterocycles. The van der Waals surface area contributed by atoms with Crippen LogP contribution < -0.4 is 5.73 Å². The quantitative estimate of drug-likeness (QED) is 0.454. The zero-order valence-corrected chi connectivity index (χ0v) is 14.2. The molecule has 2 N–H and O–H groups in total. The lowest BCUT2D eigenvalue weighted by Crippen LogP contribution is -2.34. The van der Waals surface area contributed by atoms with Gasteiger partial charge in [0.15, 0.2) is 29.1 Å². The molecule has 0 spiro atoms. The number of carbonyl (C=O) groups excluding carboxylic acids is 1. The van der Waals surface area contributed by atoms with Gasteiger partial charge in [-0.05, 0) is 5.41 Å². The second kappa shape index (κ2) is 6.08. The predicted octanol–water partition coefficient (Wildman–Crippen LogP) is 3.83. The first-order valence-corrected chi connectivity index (χ1v) is 7.85. The summed E-state index contributed by atoms with van der Waals surface area (Å²) in [7, 11) is 0. The Bertz CT molecular complexity index is 959. The molecule has 4 nitrogen and oxygen atoms in total. The van der Waals surface area contributed by atoms with Crippen molar-refractivity contribution in [1.29, 1.82) is 5.26 Å². The maximum atomic E-state index is 14.4. The minimum Gasteiger partial charge on any atom is -0.444 e. The van der Waals surface area contributed by atoms with E-state index in [4.69, 9.17) is 10.5 Å². The van der Waals surface area contributed by atoms with Crippen LogP contribution in [0, 0.1) is 45.8 Å². The van der Waals surface area contributed by atoms with Gasteiger partial charge in [-0.3, -0.25) is 4.79 Å². The zero-order valence-electron chi connectivity index (χ0n) is 14.2. The second-order valence-electron chi connectivity index (χ2n) is 7.19. The first-order chi connectivity index (χ1) is 12.5. The number of hydrogen-bond donors (Lipinski definition) is 1. The number of carbonyl (C=O) groups is 1.